The Morgan fingerprint density at radius 3 is 2.67 bits per heavy atom. The van der Waals surface area contributed by atoms with Gasteiger partial charge in [0, 0.05) is 23.1 Å². The van der Waals surface area contributed by atoms with Crippen LogP contribution in [0.5, 0.6) is 0 Å². The third kappa shape index (κ3) is 5.60. The fourth-order valence-electron chi connectivity index (χ4n) is 2.42. The number of ether oxygens (including phenoxy) is 1. The van der Waals surface area contributed by atoms with Gasteiger partial charge < -0.3 is 14.6 Å². The Labute approximate surface area is 175 Å². The van der Waals surface area contributed by atoms with Crippen LogP contribution in [0.25, 0.3) is 11.4 Å². The second-order valence-electron chi connectivity index (χ2n) is 6.26. The number of aromatic nitrogens is 2. The van der Waals surface area contributed by atoms with Gasteiger partial charge in [0.25, 0.3) is 5.91 Å². The lowest BCUT2D eigenvalue weighted by molar-refractivity contribution is -0.153. The number of aryl methyl sites for hydroxylation is 1. The lowest BCUT2D eigenvalue weighted by Gasteiger charge is -2.13. The van der Waals surface area contributed by atoms with E-state index in [2.05, 4.69) is 15.5 Å². The van der Waals surface area contributed by atoms with Crippen molar-refractivity contribution in [2.75, 3.05) is 5.32 Å². The van der Waals surface area contributed by atoms with Crippen LogP contribution in [0.3, 0.4) is 0 Å². The molecule has 7 nitrogen and oxygen atoms in total. The van der Waals surface area contributed by atoms with E-state index >= 15 is 0 Å². The Balaban J connectivity index is 1.50. The van der Waals surface area contributed by atoms with Crippen LogP contribution in [0.2, 0.25) is 5.02 Å². The average molecular weight is 436 g/mol. The standard InChI is InChI=1S/C20H16ClF2N3O4/c1-11(20(28)24-16-10-14(22)6-7-15(16)23)29-18(27)9-8-17-25-19(26-30-17)12-2-4-13(21)5-3-12/h2-7,10-11H,8-9H2,1H3,(H,24,28). The first-order valence-corrected chi connectivity index (χ1v) is 9.23. The van der Waals surface area contributed by atoms with Gasteiger partial charge in [0.2, 0.25) is 11.7 Å². The summed E-state index contributed by atoms with van der Waals surface area (Å²) >= 11 is 5.83. The van der Waals surface area contributed by atoms with Crippen molar-refractivity contribution in [2.24, 2.45) is 0 Å². The van der Waals surface area contributed by atoms with Crippen molar-refractivity contribution in [1.82, 2.24) is 10.1 Å². The normalized spacial score (nSPS) is 11.7. The van der Waals surface area contributed by atoms with Crippen LogP contribution < -0.4 is 5.32 Å². The molecule has 3 rings (SSSR count). The summed E-state index contributed by atoms with van der Waals surface area (Å²) < 4.78 is 36.9. The highest BCUT2D eigenvalue weighted by Gasteiger charge is 2.20. The maximum absolute atomic E-state index is 13.6. The molecule has 0 spiro atoms. The minimum atomic E-state index is -1.22. The second kappa shape index (κ2) is 9.45. The Bertz CT molecular complexity index is 1060. The zero-order chi connectivity index (χ0) is 21.7. The van der Waals surface area contributed by atoms with Crippen LogP contribution in [0.15, 0.2) is 47.0 Å². The molecule has 2 aromatic carbocycles. The van der Waals surface area contributed by atoms with Crippen molar-refractivity contribution in [3.05, 3.63) is 65.0 Å². The molecular formula is C20H16ClF2N3O4. The molecule has 1 N–H and O–H groups in total. The molecule has 0 aliphatic heterocycles. The van der Waals surface area contributed by atoms with E-state index in [9.17, 15) is 18.4 Å². The monoisotopic (exact) mass is 435 g/mol. The largest absolute Gasteiger partial charge is 0.453 e. The number of nitrogens with one attached hydrogen (secondary N) is 1. The molecule has 1 heterocycles. The van der Waals surface area contributed by atoms with Gasteiger partial charge in [-0.3, -0.25) is 9.59 Å². The van der Waals surface area contributed by atoms with Crippen LogP contribution in [0, 0.1) is 11.6 Å². The summed E-state index contributed by atoms with van der Waals surface area (Å²) in [6, 6.07) is 9.46. The molecule has 156 valence electrons. The van der Waals surface area contributed by atoms with E-state index in [0.29, 0.717) is 16.4 Å². The molecule has 1 atom stereocenters. The average Bonchev–Trinajstić information content (AvgIpc) is 3.18. The third-order valence-electron chi connectivity index (χ3n) is 3.98. The van der Waals surface area contributed by atoms with E-state index in [4.69, 9.17) is 20.9 Å². The molecule has 1 unspecified atom stereocenters. The first kappa shape index (κ1) is 21.4. The van der Waals surface area contributed by atoms with Crippen molar-refractivity contribution < 1.29 is 27.6 Å². The highest BCUT2D eigenvalue weighted by Crippen LogP contribution is 2.19. The number of carbonyl (C=O) groups is 2. The molecule has 1 amide bonds. The van der Waals surface area contributed by atoms with Gasteiger partial charge in [-0.25, -0.2) is 8.78 Å². The smallest absolute Gasteiger partial charge is 0.307 e. The number of anilines is 1. The Morgan fingerprint density at radius 2 is 1.93 bits per heavy atom. The number of benzene rings is 2. The van der Waals surface area contributed by atoms with Crippen LogP contribution in [0.4, 0.5) is 14.5 Å². The van der Waals surface area contributed by atoms with E-state index in [0.717, 1.165) is 18.2 Å². The summed E-state index contributed by atoms with van der Waals surface area (Å²) in [4.78, 5) is 28.2. The zero-order valence-corrected chi connectivity index (χ0v) is 16.5. The molecule has 3 aromatic rings. The number of esters is 1. The second-order valence-corrected chi connectivity index (χ2v) is 6.70. The molecule has 10 heteroatoms. The lowest BCUT2D eigenvalue weighted by atomic mass is 10.2. The topological polar surface area (TPSA) is 94.3 Å². The summed E-state index contributed by atoms with van der Waals surface area (Å²) in [5.41, 5.74) is 0.357. The van der Waals surface area contributed by atoms with Crippen LogP contribution >= 0.6 is 11.6 Å². The van der Waals surface area contributed by atoms with Crippen molar-refractivity contribution in [3.8, 4) is 11.4 Å². The number of amides is 1. The van der Waals surface area contributed by atoms with Gasteiger partial charge in [0.15, 0.2) is 6.10 Å². The number of hydrogen-bond donors (Lipinski definition) is 1. The van der Waals surface area contributed by atoms with Gasteiger partial charge in [-0.2, -0.15) is 4.98 Å². The molecular weight excluding hydrogens is 420 g/mol. The molecule has 0 aliphatic rings. The molecule has 0 fully saturated rings. The van der Waals surface area contributed by atoms with Crippen LogP contribution in [0.1, 0.15) is 19.2 Å². The van der Waals surface area contributed by atoms with Gasteiger partial charge in [0.05, 0.1) is 12.1 Å². The molecule has 30 heavy (non-hydrogen) atoms. The summed E-state index contributed by atoms with van der Waals surface area (Å²) in [5.74, 6) is -2.44. The fraction of sp³-hybridized carbons (Fsp3) is 0.200. The Hall–Kier alpha value is -3.33. The van der Waals surface area contributed by atoms with Crippen molar-refractivity contribution in [3.63, 3.8) is 0 Å². The van der Waals surface area contributed by atoms with Crippen LogP contribution in [-0.4, -0.2) is 28.1 Å². The van der Waals surface area contributed by atoms with Gasteiger partial charge >= 0.3 is 5.97 Å². The summed E-state index contributed by atoms with van der Waals surface area (Å²) in [6.45, 7) is 1.32. The lowest BCUT2D eigenvalue weighted by Crippen LogP contribution is -2.30. The zero-order valence-electron chi connectivity index (χ0n) is 15.7. The summed E-state index contributed by atoms with van der Waals surface area (Å²) in [5, 5.41) is 6.58. The quantitative estimate of drug-likeness (QED) is 0.560. The highest BCUT2D eigenvalue weighted by molar-refractivity contribution is 6.30. The first-order valence-electron chi connectivity index (χ1n) is 8.86. The maximum Gasteiger partial charge on any atom is 0.307 e. The number of hydrogen-bond acceptors (Lipinski definition) is 6. The number of halogens is 3. The van der Waals surface area contributed by atoms with E-state index in [1.54, 1.807) is 24.3 Å². The van der Waals surface area contributed by atoms with E-state index in [1.165, 1.54) is 6.92 Å². The van der Waals surface area contributed by atoms with Crippen molar-refractivity contribution in [2.45, 2.75) is 25.9 Å². The van der Waals surface area contributed by atoms with Gasteiger partial charge in [-0.1, -0.05) is 16.8 Å². The predicted molar refractivity (Wildman–Crippen MR) is 104 cm³/mol. The number of rotatable bonds is 7. The van der Waals surface area contributed by atoms with E-state index in [-0.39, 0.29) is 24.4 Å². The minimum absolute atomic E-state index is 0.103. The van der Waals surface area contributed by atoms with E-state index in [1.807, 2.05) is 0 Å². The minimum Gasteiger partial charge on any atom is -0.453 e. The molecule has 0 radical (unpaired) electrons. The predicted octanol–water partition coefficient (Wildman–Crippen LogP) is 4.17. The number of carbonyl (C=O) groups excluding carboxylic acids is 2. The first-order chi connectivity index (χ1) is 14.3. The fourth-order valence-corrected chi connectivity index (χ4v) is 2.54. The molecule has 0 saturated carbocycles. The Morgan fingerprint density at radius 1 is 1.20 bits per heavy atom. The van der Waals surface area contributed by atoms with Gasteiger partial charge in [-0.05, 0) is 43.3 Å². The summed E-state index contributed by atoms with van der Waals surface area (Å²) in [6.07, 6.45) is -1.23. The molecule has 0 bridgehead atoms. The molecule has 0 aliphatic carbocycles. The SMILES string of the molecule is CC(OC(=O)CCc1nc(-c2ccc(Cl)cc2)no1)C(=O)Nc1cc(F)ccc1F. The number of nitrogens with zero attached hydrogens (tertiary/aromatic N) is 2. The van der Waals surface area contributed by atoms with Crippen LogP contribution in [-0.2, 0) is 20.7 Å². The molecule has 1 aromatic heterocycles. The van der Waals surface area contributed by atoms with Gasteiger partial charge in [0.1, 0.15) is 11.6 Å². The maximum atomic E-state index is 13.6. The van der Waals surface area contributed by atoms with Gasteiger partial charge in [-0.15, -0.1) is 0 Å². The Kier molecular flexibility index (Phi) is 6.73. The van der Waals surface area contributed by atoms with Crippen molar-refractivity contribution in [1.29, 1.82) is 0 Å². The van der Waals surface area contributed by atoms with E-state index < -0.39 is 29.6 Å². The molecule has 0 saturated heterocycles. The highest BCUT2D eigenvalue weighted by atomic mass is 35.5. The van der Waals surface area contributed by atoms with Crippen molar-refractivity contribution >= 4 is 29.2 Å². The summed E-state index contributed by atoms with van der Waals surface area (Å²) in [7, 11) is 0. The third-order valence-corrected chi connectivity index (χ3v) is 4.23.